The van der Waals surface area contributed by atoms with Crippen LogP contribution in [0.25, 0.3) is 0 Å². The Morgan fingerprint density at radius 3 is 1.83 bits per heavy atom. The molecule has 0 aliphatic carbocycles. The summed E-state index contributed by atoms with van der Waals surface area (Å²) in [4.78, 5) is 23.7. The summed E-state index contributed by atoms with van der Waals surface area (Å²) in [6, 6.07) is 0. The summed E-state index contributed by atoms with van der Waals surface area (Å²) in [5.41, 5.74) is 9.58. The number of carbonyl (C=O) groups is 2. The second kappa shape index (κ2) is 18.8. The van der Waals surface area contributed by atoms with E-state index >= 15 is 0 Å². The minimum Gasteiger partial charge on any atom is -0.480 e. The van der Waals surface area contributed by atoms with Crippen molar-refractivity contribution < 1.29 is 14.7 Å². The van der Waals surface area contributed by atoms with Crippen LogP contribution in [0.3, 0.4) is 0 Å². The van der Waals surface area contributed by atoms with E-state index < -0.39 is 11.5 Å². The lowest BCUT2D eigenvalue weighted by Gasteiger charge is -2.23. The maximum absolute atomic E-state index is 12.3. The highest BCUT2D eigenvalue weighted by atomic mass is 16.4. The number of nitrogens with two attached hydrogens (primary N) is 2. The average molecular weight is 411 g/mol. The molecular formula is C24H46N2O3. The van der Waals surface area contributed by atoms with Crippen LogP contribution in [-0.4, -0.2) is 28.9 Å². The van der Waals surface area contributed by atoms with Gasteiger partial charge < -0.3 is 16.6 Å². The predicted molar refractivity (Wildman–Crippen MR) is 122 cm³/mol. The second-order valence-corrected chi connectivity index (χ2v) is 8.28. The maximum atomic E-state index is 12.3. The Hall–Kier alpha value is -1.20. The van der Waals surface area contributed by atoms with Crippen LogP contribution in [0.1, 0.15) is 116 Å². The van der Waals surface area contributed by atoms with Crippen molar-refractivity contribution in [1.29, 1.82) is 0 Å². The molecule has 0 spiro atoms. The summed E-state index contributed by atoms with van der Waals surface area (Å²) < 4.78 is 0. The van der Waals surface area contributed by atoms with Crippen LogP contribution in [0.4, 0.5) is 0 Å². The number of Topliss-reactive ketones (excluding diaryl/α,β-unsaturated/α-hetero) is 1. The second-order valence-electron chi connectivity index (χ2n) is 8.28. The number of carboxylic acids is 1. The number of aliphatic carboxylic acids is 1. The molecule has 0 aromatic heterocycles. The molecule has 0 fully saturated rings. The van der Waals surface area contributed by atoms with E-state index in [-0.39, 0.29) is 18.6 Å². The lowest BCUT2D eigenvalue weighted by Crippen LogP contribution is -2.54. The van der Waals surface area contributed by atoms with Gasteiger partial charge >= 0.3 is 5.97 Å². The molecule has 0 aliphatic heterocycles. The van der Waals surface area contributed by atoms with E-state index in [0.717, 1.165) is 32.1 Å². The first-order valence-corrected chi connectivity index (χ1v) is 11.9. The summed E-state index contributed by atoms with van der Waals surface area (Å²) in [5, 5.41) is 9.34. The van der Waals surface area contributed by atoms with Gasteiger partial charge in [0.05, 0.1) is 0 Å². The quantitative estimate of drug-likeness (QED) is 0.131. The van der Waals surface area contributed by atoms with Crippen molar-refractivity contribution in [2.75, 3.05) is 6.54 Å². The number of allylic oxidation sites excluding steroid dienone is 2. The number of unbranched alkanes of at least 4 members (excludes halogenated alkanes) is 12. The number of hydrogen-bond donors (Lipinski definition) is 3. The van der Waals surface area contributed by atoms with Crippen molar-refractivity contribution >= 4 is 11.8 Å². The van der Waals surface area contributed by atoms with E-state index in [0.29, 0.717) is 19.4 Å². The van der Waals surface area contributed by atoms with Gasteiger partial charge in [0.25, 0.3) is 0 Å². The van der Waals surface area contributed by atoms with Crippen molar-refractivity contribution in [1.82, 2.24) is 0 Å². The highest BCUT2D eigenvalue weighted by Crippen LogP contribution is 2.18. The minimum atomic E-state index is -1.74. The van der Waals surface area contributed by atoms with Crippen LogP contribution in [0, 0.1) is 0 Å². The molecule has 5 nitrogen and oxygen atoms in total. The number of ketones is 1. The van der Waals surface area contributed by atoms with Crippen LogP contribution in [0.15, 0.2) is 12.2 Å². The van der Waals surface area contributed by atoms with Crippen LogP contribution in [-0.2, 0) is 9.59 Å². The zero-order valence-corrected chi connectivity index (χ0v) is 18.8. The number of hydrogen-bond acceptors (Lipinski definition) is 4. The smallest absolute Gasteiger partial charge is 0.331 e. The van der Waals surface area contributed by atoms with E-state index in [1.807, 2.05) is 0 Å². The summed E-state index contributed by atoms with van der Waals surface area (Å²) >= 11 is 0. The van der Waals surface area contributed by atoms with Gasteiger partial charge in [0.1, 0.15) is 0 Å². The summed E-state index contributed by atoms with van der Waals surface area (Å²) in [7, 11) is 0. The van der Waals surface area contributed by atoms with Crippen molar-refractivity contribution in [3.05, 3.63) is 12.2 Å². The van der Waals surface area contributed by atoms with Crippen LogP contribution >= 0.6 is 0 Å². The van der Waals surface area contributed by atoms with Gasteiger partial charge in [0.2, 0.25) is 0 Å². The number of carboxylic acid groups (broad SMARTS) is 1. The van der Waals surface area contributed by atoms with Crippen LogP contribution in [0.5, 0.6) is 0 Å². The van der Waals surface area contributed by atoms with Crippen molar-refractivity contribution in [2.45, 2.75) is 122 Å². The molecule has 0 unspecified atom stereocenters. The Bertz CT molecular complexity index is 451. The number of carbonyl (C=O) groups excluding carboxylic acids is 1. The monoisotopic (exact) mass is 410 g/mol. The molecule has 170 valence electrons. The molecule has 5 heteroatoms. The van der Waals surface area contributed by atoms with Gasteiger partial charge in [-0.05, 0) is 57.9 Å². The molecule has 1 atom stereocenters. The van der Waals surface area contributed by atoms with E-state index in [4.69, 9.17) is 11.5 Å². The summed E-state index contributed by atoms with van der Waals surface area (Å²) in [6.07, 6.45) is 21.8. The first kappa shape index (κ1) is 27.8. The van der Waals surface area contributed by atoms with E-state index in [9.17, 15) is 14.7 Å². The largest absolute Gasteiger partial charge is 0.480 e. The van der Waals surface area contributed by atoms with Crippen molar-refractivity contribution in [2.24, 2.45) is 11.5 Å². The molecule has 0 aromatic rings. The Balaban J connectivity index is 3.69. The molecule has 29 heavy (non-hydrogen) atoms. The van der Waals surface area contributed by atoms with Crippen molar-refractivity contribution in [3.8, 4) is 0 Å². The van der Waals surface area contributed by atoms with Gasteiger partial charge in [-0.1, -0.05) is 70.4 Å². The van der Waals surface area contributed by atoms with Crippen LogP contribution < -0.4 is 11.5 Å². The van der Waals surface area contributed by atoms with Gasteiger partial charge in [-0.3, -0.25) is 4.79 Å². The fourth-order valence-corrected chi connectivity index (χ4v) is 3.49. The lowest BCUT2D eigenvalue weighted by molar-refractivity contribution is -0.148. The molecule has 0 bridgehead atoms. The number of rotatable bonds is 21. The zero-order chi connectivity index (χ0) is 21.8. The molecule has 0 heterocycles. The predicted octanol–water partition coefficient (Wildman–Crippen LogP) is 5.50. The molecular weight excluding hydrogens is 364 g/mol. The highest BCUT2D eigenvalue weighted by molar-refractivity contribution is 6.07. The molecule has 0 saturated heterocycles. The van der Waals surface area contributed by atoms with Gasteiger partial charge in [0, 0.05) is 6.42 Å². The third-order valence-electron chi connectivity index (χ3n) is 5.57. The molecule has 0 aromatic carbocycles. The topological polar surface area (TPSA) is 106 Å². The van der Waals surface area contributed by atoms with E-state index in [2.05, 4.69) is 19.1 Å². The maximum Gasteiger partial charge on any atom is 0.331 e. The fourth-order valence-electron chi connectivity index (χ4n) is 3.49. The van der Waals surface area contributed by atoms with Gasteiger partial charge in [-0.2, -0.15) is 0 Å². The van der Waals surface area contributed by atoms with Crippen LogP contribution in [0.2, 0.25) is 0 Å². The summed E-state index contributed by atoms with van der Waals surface area (Å²) in [5.74, 6) is -1.56. The summed E-state index contributed by atoms with van der Waals surface area (Å²) in [6.45, 7) is 2.73. The normalized spacial score (nSPS) is 13.6. The minimum absolute atomic E-state index is 0.170. The zero-order valence-electron chi connectivity index (χ0n) is 18.8. The molecule has 0 rings (SSSR count). The van der Waals surface area contributed by atoms with Crippen molar-refractivity contribution in [3.63, 3.8) is 0 Å². The van der Waals surface area contributed by atoms with E-state index in [1.165, 1.54) is 51.4 Å². The molecule has 0 aliphatic rings. The molecule has 5 N–H and O–H groups in total. The third kappa shape index (κ3) is 14.4. The third-order valence-corrected chi connectivity index (χ3v) is 5.57. The Morgan fingerprint density at radius 1 is 0.793 bits per heavy atom. The average Bonchev–Trinajstić information content (AvgIpc) is 2.70. The molecule has 0 saturated carbocycles. The first-order valence-electron chi connectivity index (χ1n) is 11.9. The Labute approximate surface area is 178 Å². The molecule has 0 radical (unpaired) electrons. The SMILES string of the molecule is CCCCCCCCC=CCCCCCCCC(=O)[C@](N)(CCCCN)C(=O)O. The van der Waals surface area contributed by atoms with Gasteiger partial charge in [-0.15, -0.1) is 0 Å². The Kier molecular flexibility index (Phi) is 18.0. The standard InChI is InChI=1S/C24H46N2O3/c1-2-3-4-5-6-7-8-9-10-11-12-13-14-15-16-19-22(27)24(26,23(28)29)20-17-18-21-25/h9-10H,2-8,11-21,25-26H2,1H3,(H,28,29)/t24-/m1/s1. The van der Waals surface area contributed by atoms with E-state index in [1.54, 1.807) is 0 Å². The van der Waals surface area contributed by atoms with Gasteiger partial charge in [0.15, 0.2) is 11.3 Å². The molecule has 0 amide bonds. The first-order chi connectivity index (χ1) is 14.0. The van der Waals surface area contributed by atoms with Gasteiger partial charge in [-0.25, -0.2) is 4.79 Å². The lowest BCUT2D eigenvalue weighted by atomic mass is 9.86. The highest BCUT2D eigenvalue weighted by Gasteiger charge is 2.40. The Morgan fingerprint density at radius 2 is 1.31 bits per heavy atom. The fraction of sp³-hybridized carbons (Fsp3) is 0.833.